The predicted molar refractivity (Wildman–Crippen MR) is 44.3 cm³/mol. The van der Waals surface area contributed by atoms with Gasteiger partial charge in [-0.2, -0.15) is 0 Å². The highest BCUT2D eigenvalue weighted by atomic mass is 33.1. The van der Waals surface area contributed by atoms with Gasteiger partial charge < -0.3 is 5.73 Å². The summed E-state index contributed by atoms with van der Waals surface area (Å²) in [5, 5.41) is 0. The topological polar surface area (TPSA) is 26.0 Å². The minimum absolute atomic E-state index is 0.281. The quantitative estimate of drug-likeness (QED) is 0.614. The first-order valence-corrected chi connectivity index (χ1v) is 4.50. The van der Waals surface area contributed by atoms with Crippen molar-refractivity contribution < 1.29 is 6.85 Å². The van der Waals surface area contributed by atoms with Crippen LogP contribution in [0.4, 0.5) is 0 Å². The first kappa shape index (κ1) is 3.17. The normalized spacial score (nSPS) is 26.5. The fraction of sp³-hybridized carbons (Fsp3) is 1.00. The number of hydrogen-bond donors (Lipinski definition) is 1. The molecule has 0 spiro atoms. The van der Waals surface area contributed by atoms with Crippen molar-refractivity contribution in [2.24, 2.45) is 5.73 Å². The largest absolute Gasteiger partial charge is 0.330 e. The zero-order chi connectivity index (χ0) is 10.7. The van der Waals surface area contributed by atoms with Crippen LogP contribution in [0.3, 0.4) is 0 Å². The van der Waals surface area contributed by atoms with Crippen molar-refractivity contribution in [3.8, 4) is 0 Å². The van der Waals surface area contributed by atoms with Crippen molar-refractivity contribution in [1.82, 2.24) is 0 Å². The SMILES string of the molecule is [2H]C(C)CSSC([2H])([2H])C([2H])([2H])N. The maximum Gasteiger partial charge on any atom is 0.0434 e. The van der Waals surface area contributed by atoms with Crippen LogP contribution in [0.5, 0.6) is 0 Å². The van der Waals surface area contributed by atoms with Crippen molar-refractivity contribution >= 4 is 21.6 Å². The molecule has 2 N–H and O–H groups in total. The van der Waals surface area contributed by atoms with Crippen LogP contribution in [0.1, 0.15) is 20.2 Å². The van der Waals surface area contributed by atoms with Gasteiger partial charge in [-0.1, -0.05) is 28.5 Å². The lowest BCUT2D eigenvalue weighted by Gasteiger charge is -1.93. The second-order valence-corrected chi connectivity index (χ2v) is 3.17. The number of rotatable bonds is 5. The lowest BCUT2D eigenvalue weighted by atomic mass is 10.6. The standard InChI is InChI=1S/C5H13NS2/c1-2-4-7-8-5-3-6/h2-6H2,1H3/i2D,3D2,5D2. The monoisotopic (exact) mass is 156 g/mol. The molecule has 0 aliphatic carbocycles. The highest BCUT2D eigenvalue weighted by Crippen LogP contribution is 2.20. The van der Waals surface area contributed by atoms with Crippen LogP contribution in [0.15, 0.2) is 0 Å². The Morgan fingerprint density at radius 3 is 2.88 bits per heavy atom. The van der Waals surface area contributed by atoms with E-state index in [4.69, 9.17) is 12.6 Å². The minimum Gasteiger partial charge on any atom is -0.330 e. The molecule has 0 aliphatic rings. The Hall–Kier alpha value is 0.660. The van der Waals surface area contributed by atoms with Gasteiger partial charge in [-0.25, -0.2) is 0 Å². The van der Waals surface area contributed by atoms with Crippen molar-refractivity contribution in [2.45, 2.75) is 13.3 Å². The molecule has 0 aliphatic heterocycles. The molecular formula is C5H13NS2. The fourth-order valence-electron chi connectivity index (χ4n) is 0.156. The van der Waals surface area contributed by atoms with Gasteiger partial charge in [0.05, 0.1) is 0 Å². The van der Waals surface area contributed by atoms with Crippen LogP contribution in [0, 0.1) is 0 Å². The van der Waals surface area contributed by atoms with E-state index in [1.165, 1.54) is 0 Å². The molecule has 0 rings (SSSR count). The molecule has 50 valence electrons. The molecule has 1 nitrogen and oxygen atoms in total. The van der Waals surface area contributed by atoms with Gasteiger partial charge in [-0.05, 0) is 6.40 Å². The third-order valence-electron chi connectivity index (χ3n) is 0.394. The summed E-state index contributed by atoms with van der Waals surface area (Å²) in [5.41, 5.74) is 2.89. The van der Waals surface area contributed by atoms with Gasteiger partial charge >= 0.3 is 0 Å². The Labute approximate surface area is 66.2 Å². The van der Waals surface area contributed by atoms with E-state index in [2.05, 4.69) is 0 Å². The molecule has 0 heterocycles. The second kappa shape index (κ2) is 7.66. The van der Waals surface area contributed by atoms with Crippen LogP contribution in [-0.2, 0) is 0 Å². The van der Waals surface area contributed by atoms with Gasteiger partial charge in [0.15, 0.2) is 0 Å². The fourth-order valence-corrected chi connectivity index (χ4v) is 1.40. The number of hydrogen-bond acceptors (Lipinski definition) is 3. The van der Waals surface area contributed by atoms with Gasteiger partial charge in [0, 0.05) is 24.8 Å². The van der Waals surface area contributed by atoms with E-state index in [1.54, 1.807) is 6.92 Å². The molecule has 0 saturated carbocycles. The van der Waals surface area contributed by atoms with Crippen LogP contribution >= 0.6 is 21.6 Å². The summed E-state index contributed by atoms with van der Waals surface area (Å²) in [5.74, 6) is 0.459. The molecular weight excluding hydrogens is 138 g/mol. The van der Waals surface area contributed by atoms with Gasteiger partial charge in [0.2, 0.25) is 0 Å². The summed E-state index contributed by atoms with van der Waals surface area (Å²) in [6.45, 7) is -0.657. The molecule has 1 atom stereocenters. The van der Waals surface area contributed by atoms with Crippen LogP contribution < -0.4 is 5.73 Å². The molecule has 8 heavy (non-hydrogen) atoms. The van der Waals surface area contributed by atoms with E-state index in [1.807, 2.05) is 0 Å². The predicted octanol–water partition coefficient (Wildman–Crippen LogP) is 1.74. The molecule has 1 unspecified atom stereocenters. The van der Waals surface area contributed by atoms with E-state index in [9.17, 15) is 0 Å². The van der Waals surface area contributed by atoms with E-state index < -0.39 is 12.2 Å². The summed E-state index contributed by atoms with van der Waals surface area (Å²) in [4.78, 5) is 0. The maximum atomic E-state index is 7.27. The van der Waals surface area contributed by atoms with E-state index in [0.717, 1.165) is 21.6 Å². The smallest absolute Gasteiger partial charge is 0.0434 e. The Bertz CT molecular complexity index is 157. The maximum absolute atomic E-state index is 7.27. The van der Waals surface area contributed by atoms with Crippen molar-refractivity contribution in [2.75, 3.05) is 18.0 Å². The molecule has 0 amide bonds. The first-order chi connectivity index (χ1) is 5.67. The van der Waals surface area contributed by atoms with Crippen molar-refractivity contribution in [3.05, 3.63) is 0 Å². The molecule has 0 radical (unpaired) electrons. The van der Waals surface area contributed by atoms with E-state index in [0.29, 0.717) is 5.75 Å². The molecule has 0 bridgehead atoms. The Balaban J connectivity index is 3.90. The third kappa shape index (κ3) is 6.66. The van der Waals surface area contributed by atoms with Gasteiger partial charge in [-0.15, -0.1) is 0 Å². The zero-order valence-electron chi connectivity index (χ0n) is 9.68. The third-order valence-corrected chi connectivity index (χ3v) is 2.19. The summed E-state index contributed by atoms with van der Waals surface area (Å²) in [6, 6.07) is 0. The minimum atomic E-state index is -2.35. The molecule has 0 aromatic carbocycles. The highest BCUT2D eigenvalue weighted by molar-refractivity contribution is 8.76. The van der Waals surface area contributed by atoms with Crippen LogP contribution in [0.25, 0.3) is 0 Å². The lowest BCUT2D eigenvalue weighted by molar-refractivity contribution is 1.11. The summed E-state index contributed by atoms with van der Waals surface area (Å²) < 4.78 is 35.7. The van der Waals surface area contributed by atoms with Crippen LogP contribution in [0.2, 0.25) is 0 Å². The first-order valence-electron chi connectivity index (χ1n) is 4.76. The average Bonchev–Trinajstić information content (AvgIpc) is 1.82. The van der Waals surface area contributed by atoms with Gasteiger partial charge in [-0.3, -0.25) is 0 Å². The van der Waals surface area contributed by atoms with Crippen molar-refractivity contribution in [1.29, 1.82) is 0 Å². The van der Waals surface area contributed by atoms with E-state index >= 15 is 0 Å². The van der Waals surface area contributed by atoms with Gasteiger partial charge in [0.25, 0.3) is 0 Å². The Kier molecular flexibility index (Phi) is 3.04. The molecule has 3 heteroatoms. The zero-order valence-corrected chi connectivity index (χ0v) is 6.31. The highest BCUT2D eigenvalue weighted by Gasteiger charge is 1.83. The molecule has 0 fully saturated rings. The lowest BCUT2D eigenvalue weighted by Crippen LogP contribution is -1.99. The summed E-state index contributed by atoms with van der Waals surface area (Å²) in [7, 11) is 1.87. The number of nitrogens with two attached hydrogens (primary N) is 1. The second-order valence-electron chi connectivity index (χ2n) is 1.02. The summed E-state index contributed by atoms with van der Waals surface area (Å²) in [6.07, 6.45) is -0.281. The van der Waals surface area contributed by atoms with Crippen LogP contribution in [-0.4, -0.2) is 18.0 Å². The molecule has 0 aromatic rings. The van der Waals surface area contributed by atoms with E-state index in [-0.39, 0.29) is 6.40 Å². The van der Waals surface area contributed by atoms with Gasteiger partial charge in [0.1, 0.15) is 0 Å². The van der Waals surface area contributed by atoms with Crippen molar-refractivity contribution in [3.63, 3.8) is 0 Å². The Morgan fingerprint density at radius 1 is 1.62 bits per heavy atom. The summed E-state index contributed by atoms with van der Waals surface area (Å²) >= 11 is 0. The molecule has 0 saturated heterocycles. The average molecular weight is 156 g/mol. The Morgan fingerprint density at radius 2 is 2.38 bits per heavy atom. The molecule has 0 aromatic heterocycles.